The Morgan fingerprint density at radius 2 is 1.82 bits per heavy atom. The lowest BCUT2D eigenvalue weighted by molar-refractivity contribution is -0.394. The Balaban J connectivity index is 1.35. The summed E-state index contributed by atoms with van der Waals surface area (Å²) in [5.41, 5.74) is 2.94. The molecule has 0 unspecified atom stereocenters. The largest absolute Gasteiger partial charge is 0.507 e. The Hall–Kier alpha value is -5.58. The lowest BCUT2D eigenvalue weighted by Crippen LogP contribution is -1.96. The van der Waals surface area contributed by atoms with Crippen molar-refractivity contribution in [3.05, 3.63) is 110 Å². The van der Waals surface area contributed by atoms with E-state index in [-0.39, 0.29) is 17.2 Å². The summed E-state index contributed by atoms with van der Waals surface area (Å²) in [4.78, 5) is 29.7. The number of aromatic nitrogens is 1. The number of hydrogen-bond acceptors (Lipinski definition) is 9. The molecule has 5 rings (SSSR count). The summed E-state index contributed by atoms with van der Waals surface area (Å²) in [6, 6.07) is 20.2. The number of nitro benzene ring substituents is 2. The molecule has 0 aliphatic carbocycles. The Labute approximate surface area is 214 Å². The van der Waals surface area contributed by atoms with Crippen LogP contribution in [0.5, 0.6) is 17.2 Å². The molecule has 0 radical (unpaired) electrons. The van der Waals surface area contributed by atoms with E-state index in [0.717, 1.165) is 17.7 Å². The third-order valence-corrected chi connectivity index (χ3v) is 5.55. The highest BCUT2D eigenvalue weighted by Crippen LogP contribution is 2.36. The fraction of sp³-hybridized carbons (Fsp3) is 0.0370. The number of hydrogen-bond donors (Lipinski definition) is 1. The van der Waals surface area contributed by atoms with Crippen molar-refractivity contribution in [3.63, 3.8) is 0 Å². The summed E-state index contributed by atoms with van der Waals surface area (Å²) in [5, 5.41) is 32.9. The minimum atomic E-state index is -0.744. The van der Waals surface area contributed by atoms with E-state index in [0.29, 0.717) is 33.8 Å². The van der Waals surface area contributed by atoms with Gasteiger partial charge in [0.15, 0.2) is 5.58 Å². The van der Waals surface area contributed by atoms with Crippen LogP contribution in [0.15, 0.2) is 88.3 Å². The maximum absolute atomic E-state index is 11.4. The number of rotatable bonds is 7. The first-order valence-electron chi connectivity index (χ1n) is 11.2. The number of aliphatic imine (C=N–C) groups is 1. The molecular weight excluding hydrogens is 492 g/mol. The summed E-state index contributed by atoms with van der Waals surface area (Å²) in [7, 11) is 0. The van der Waals surface area contributed by atoms with Gasteiger partial charge in [-0.05, 0) is 60.5 Å². The van der Waals surface area contributed by atoms with E-state index in [4.69, 9.17) is 9.15 Å². The highest BCUT2D eigenvalue weighted by molar-refractivity contribution is 5.83. The number of non-ortho nitro benzene ring substituents is 1. The van der Waals surface area contributed by atoms with Crippen molar-refractivity contribution >= 4 is 34.4 Å². The summed E-state index contributed by atoms with van der Waals surface area (Å²) in [5.74, 6) is 0.383. The molecule has 0 atom stereocenters. The molecule has 1 heterocycles. The van der Waals surface area contributed by atoms with Crippen LogP contribution in [0, 0.1) is 27.2 Å². The van der Waals surface area contributed by atoms with E-state index in [1.165, 1.54) is 18.3 Å². The van der Waals surface area contributed by atoms with Crippen molar-refractivity contribution in [1.82, 2.24) is 4.98 Å². The molecular formula is C27H18N4O7. The molecule has 0 fully saturated rings. The molecule has 0 saturated heterocycles. The van der Waals surface area contributed by atoms with Crippen LogP contribution in [-0.4, -0.2) is 26.2 Å². The summed E-state index contributed by atoms with van der Waals surface area (Å²) in [6.07, 6.45) is 1.54. The SMILES string of the molecule is Cc1ccc2oc(-c3ccc(N=Cc4cccc(Oc5ccc([N+](=O)[O-])cc5[N+](=O)[O-])c4)cc3O)nc2c1. The molecule has 0 aliphatic heterocycles. The molecule has 11 nitrogen and oxygen atoms in total. The van der Waals surface area contributed by atoms with Crippen molar-refractivity contribution in [2.45, 2.75) is 6.92 Å². The first-order chi connectivity index (χ1) is 18.3. The average molecular weight is 510 g/mol. The number of oxazole rings is 1. The normalized spacial score (nSPS) is 11.2. The molecule has 1 N–H and O–H groups in total. The zero-order valence-corrected chi connectivity index (χ0v) is 19.8. The molecule has 4 aromatic carbocycles. The number of phenolic OH excluding ortho intramolecular Hbond substituents is 1. The van der Waals surface area contributed by atoms with Gasteiger partial charge in [0.1, 0.15) is 17.0 Å². The first kappa shape index (κ1) is 24.1. The van der Waals surface area contributed by atoms with Gasteiger partial charge in [-0.2, -0.15) is 0 Å². The topological polar surface area (TPSA) is 154 Å². The molecule has 11 heteroatoms. The van der Waals surface area contributed by atoms with E-state index in [1.807, 2.05) is 25.1 Å². The van der Waals surface area contributed by atoms with Crippen molar-refractivity contribution < 1.29 is 24.1 Å². The van der Waals surface area contributed by atoms with Crippen LogP contribution in [0.4, 0.5) is 17.1 Å². The summed E-state index contributed by atoms with van der Waals surface area (Å²) in [6.45, 7) is 1.96. The molecule has 0 spiro atoms. The molecule has 0 bridgehead atoms. The van der Waals surface area contributed by atoms with Crippen molar-refractivity contribution in [1.29, 1.82) is 0 Å². The molecule has 0 amide bonds. The van der Waals surface area contributed by atoms with Crippen molar-refractivity contribution in [2.24, 2.45) is 4.99 Å². The molecule has 188 valence electrons. The van der Waals surface area contributed by atoms with Crippen LogP contribution in [0.1, 0.15) is 11.1 Å². The fourth-order valence-electron chi connectivity index (χ4n) is 3.72. The number of nitro groups is 2. The van der Waals surface area contributed by atoms with E-state index in [1.54, 1.807) is 36.4 Å². The van der Waals surface area contributed by atoms with Gasteiger partial charge < -0.3 is 14.3 Å². The molecule has 38 heavy (non-hydrogen) atoms. The van der Waals surface area contributed by atoms with E-state index < -0.39 is 21.2 Å². The third kappa shape index (κ3) is 5.02. The maximum Gasteiger partial charge on any atom is 0.318 e. The number of nitrogens with zero attached hydrogens (tertiary/aromatic N) is 4. The van der Waals surface area contributed by atoms with E-state index >= 15 is 0 Å². The Kier molecular flexibility index (Phi) is 6.23. The van der Waals surface area contributed by atoms with Gasteiger partial charge in [-0.15, -0.1) is 0 Å². The highest BCUT2D eigenvalue weighted by atomic mass is 16.6. The van der Waals surface area contributed by atoms with Crippen LogP contribution in [0.3, 0.4) is 0 Å². The van der Waals surface area contributed by atoms with Gasteiger partial charge in [0.05, 0.1) is 27.2 Å². The number of aryl methyl sites for hydroxylation is 1. The van der Waals surface area contributed by atoms with Gasteiger partial charge in [-0.25, -0.2) is 4.98 Å². The smallest absolute Gasteiger partial charge is 0.318 e. The Bertz CT molecular complexity index is 1740. The quantitative estimate of drug-likeness (QED) is 0.141. The van der Waals surface area contributed by atoms with Crippen molar-refractivity contribution in [3.8, 4) is 28.7 Å². The molecule has 5 aromatic rings. The minimum absolute atomic E-state index is 0.0505. The van der Waals surface area contributed by atoms with E-state index in [9.17, 15) is 25.3 Å². The zero-order chi connectivity index (χ0) is 26.8. The van der Waals surface area contributed by atoms with Crippen LogP contribution in [0.25, 0.3) is 22.6 Å². The van der Waals surface area contributed by atoms with Gasteiger partial charge in [-0.3, -0.25) is 25.2 Å². The number of aromatic hydroxyl groups is 1. The number of phenols is 1. The first-order valence-corrected chi connectivity index (χ1v) is 11.2. The van der Waals surface area contributed by atoms with Crippen LogP contribution < -0.4 is 4.74 Å². The maximum atomic E-state index is 11.4. The van der Waals surface area contributed by atoms with Gasteiger partial charge in [0.25, 0.3) is 5.69 Å². The highest BCUT2D eigenvalue weighted by Gasteiger charge is 2.21. The van der Waals surface area contributed by atoms with Gasteiger partial charge >= 0.3 is 5.69 Å². The van der Waals surface area contributed by atoms with Crippen LogP contribution in [0.2, 0.25) is 0 Å². The van der Waals surface area contributed by atoms with Crippen molar-refractivity contribution in [2.75, 3.05) is 0 Å². The summed E-state index contributed by atoms with van der Waals surface area (Å²) < 4.78 is 11.4. The molecule has 0 saturated carbocycles. The standard InChI is InChI=1S/C27H18N4O7/c1-16-5-9-25-22(11-16)29-27(38-25)21-8-6-18(13-24(21)32)28-15-17-3-2-4-20(12-17)37-26-10-7-19(30(33)34)14-23(26)31(35)36/h2-15,32H,1H3. The predicted octanol–water partition coefficient (Wildman–Crippen LogP) is 6.87. The number of fused-ring (bicyclic) bond motifs is 1. The molecule has 0 aliphatic rings. The van der Waals surface area contributed by atoms with Gasteiger partial charge in [-0.1, -0.05) is 18.2 Å². The lowest BCUT2D eigenvalue weighted by Gasteiger charge is -2.07. The van der Waals surface area contributed by atoms with Gasteiger partial charge in [0, 0.05) is 18.3 Å². The van der Waals surface area contributed by atoms with E-state index in [2.05, 4.69) is 9.98 Å². The fourth-order valence-corrected chi connectivity index (χ4v) is 3.72. The minimum Gasteiger partial charge on any atom is -0.507 e. The third-order valence-electron chi connectivity index (χ3n) is 5.55. The Morgan fingerprint density at radius 3 is 2.58 bits per heavy atom. The van der Waals surface area contributed by atoms with Gasteiger partial charge in [0.2, 0.25) is 11.6 Å². The second kappa shape index (κ2) is 9.82. The lowest BCUT2D eigenvalue weighted by atomic mass is 10.1. The predicted molar refractivity (Wildman–Crippen MR) is 139 cm³/mol. The second-order valence-corrected chi connectivity index (χ2v) is 8.29. The average Bonchev–Trinajstić information content (AvgIpc) is 3.30. The Morgan fingerprint density at radius 1 is 0.974 bits per heavy atom. The number of ether oxygens (including phenoxy) is 1. The van der Waals surface area contributed by atoms with Crippen LogP contribution in [-0.2, 0) is 0 Å². The second-order valence-electron chi connectivity index (χ2n) is 8.29. The number of benzene rings is 4. The zero-order valence-electron chi connectivity index (χ0n) is 19.8. The van der Waals surface area contributed by atoms with Crippen LogP contribution >= 0.6 is 0 Å². The monoisotopic (exact) mass is 510 g/mol. The summed E-state index contributed by atoms with van der Waals surface area (Å²) >= 11 is 0. The molecule has 1 aromatic heterocycles.